The first-order valence-electron chi connectivity index (χ1n) is 4.46. The Morgan fingerprint density at radius 3 is 2.94 bits per heavy atom. The molecule has 0 amide bonds. The Labute approximate surface area is 90.4 Å². The fourth-order valence-corrected chi connectivity index (χ4v) is 1.28. The van der Waals surface area contributed by atoms with Gasteiger partial charge < -0.3 is 5.11 Å². The van der Waals surface area contributed by atoms with Crippen LogP contribution < -0.4 is 0 Å². The topological polar surface area (TPSA) is 74.7 Å². The maximum Gasteiger partial charge on any atom is 0.125 e. The summed E-state index contributed by atoms with van der Waals surface area (Å²) in [5.74, 6) is -0.463. The summed E-state index contributed by atoms with van der Waals surface area (Å²) in [4.78, 5) is 0. The minimum atomic E-state index is -0.463. The normalized spacial score (nSPS) is 10.1. The summed E-state index contributed by atoms with van der Waals surface area (Å²) in [6.45, 7) is -0.253. The molecule has 0 unspecified atom stereocenters. The molecule has 1 N–H and O–H groups in total. The van der Waals surface area contributed by atoms with Gasteiger partial charge in [0, 0.05) is 6.07 Å². The molecule has 5 nitrogen and oxygen atoms in total. The summed E-state index contributed by atoms with van der Waals surface area (Å²) in [7, 11) is 0. The van der Waals surface area contributed by atoms with E-state index in [4.69, 9.17) is 10.4 Å². The standard InChI is InChI=1S/C10H7FN4O/c11-8-2-1-7(4-12)10(3-8)15-5-9(6-16)13-14-15/h1-3,5,16H,6H2. The molecule has 0 aliphatic carbocycles. The Morgan fingerprint density at radius 1 is 1.50 bits per heavy atom. The van der Waals surface area contributed by atoms with Crippen molar-refractivity contribution in [3.05, 3.63) is 41.5 Å². The fourth-order valence-electron chi connectivity index (χ4n) is 1.28. The molecule has 0 aliphatic heterocycles. The molecule has 0 radical (unpaired) electrons. The second kappa shape index (κ2) is 4.08. The van der Waals surface area contributed by atoms with Crippen LogP contribution in [0.4, 0.5) is 4.39 Å². The monoisotopic (exact) mass is 218 g/mol. The molecule has 0 bridgehead atoms. The second-order valence-corrected chi connectivity index (χ2v) is 3.09. The van der Waals surface area contributed by atoms with Crippen LogP contribution in [-0.4, -0.2) is 20.1 Å². The first-order chi connectivity index (χ1) is 7.74. The van der Waals surface area contributed by atoms with Crippen LogP contribution in [0.15, 0.2) is 24.4 Å². The molecule has 0 saturated carbocycles. The zero-order valence-electron chi connectivity index (χ0n) is 8.13. The number of aromatic nitrogens is 3. The van der Waals surface area contributed by atoms with Gasteiger partial charge in [0.2, 0.25) is 0 Å². The van der Waals surface area contributed by atoms with E-state index >= 15 is 0 Å². The van der Waals surface area contributed by atoms with Crippen molar-refractivity contribution in [3.63, 3.8) is 0 Å². The lowest BCUT2D eigenvalue weighted by atomic mass is 10.2. The molecule has 80 valence electrons. The van der Waals surface area contributed by atoms with Crippen molar-refractivity contribution in [2.24, 2.45) is 0 Å². The summed E-state index contributed by atoms with van der Waals surface area (Å²) in [5, 5.41) is 25.0. The summed E-state index contributed by atoms with van der Waals surface area (Å²) < 4.78 is 14.3. The molecule has 16 heavy (non-hydrogen) atoms. The molecule has 0 saturated heterocycles. The van der Waals surface area contributed by atoms with Crippen molar-refractivity contribution in [2.75, 3.05) is 0 Å². The SMILES string of the molecule is N#Cc1ccc(F)cc1-n1cc(CO)nn1. The quantitative estimate of drug-likeness (QED) is 0.807. The highest BCUT2D eigenvalue weighted by atomic mass is 19.1. The van der Waals surface area contributed by atoms with Gasteiger partial charge >= 0.3 is 0 Å². The highest BCUT2D eigenvalue weighted by molar-refractivity contribution is 5.48. The van der Waals surface area contributed by atoms with Crippen molar-refractivity contribution < 1.29 is 9.50 Å². The smallest absolute Gasteiger partial charge is 0.125 e. The third kappa shape index (κ3) is 1.76. The second-order valence-electron chi connectivity index (χ2n) is 3.09. The molecule has 0 aliphatic rings. The van der Waals surface area contributed by atoms with Gasteiger partial charge in [-0.2, -0.15) is 5.26 Å². The largest absolute Gasteiger partial charge is 0.390 e. The van der Waals surface area contributed by atoms with Gasteiger partial charge in [-0.3, -0.25) is 0 Å². The highest BCUT2D eigenvalue weighted by Gasteiger charge is 2.08. The van der Waals surface area contributed by atoms with Gasteiger partial charge in [0.15, 0.2) is 0 Å². The van der Waals surface area contributed by atoms with Crippen LogP contribution >= 0.6 is 0 Å². The zero-order valence-corrected chi connectivity index (χ0v) is 8.13. The van der Waals surface area contributed by atoms with Gasteiger partial charge in [0.05, 0.1) is 24.1 Å². The minimum absolute atomic E-state index is 0.253. The molecule has 2 rings (SSSR count). The minimum Gasteiger partial charge on any atom is -0.390 e. The molecular formula is C10H7FN4O. The summed E-state index contributed by atoms with van der Waals surface area (Å²) in [5.41, 5.74) is 0.943. The van der Waals surface area contributed by atoms with E-state index in [9.17, 15) is 4.39 Å². The van der Waals surface area contributed by atoms with Gasteiger partial charge in [0.25, 0.3) is 0 Å². The first-order valence-corrected chi connectivity index (χ1v) is 4.46. The average molecular weight is 218 g/mol. The Morgan fingerprint density at radius 2 is 2.31 bits per heavy atom. The average Bonchev–Trinajstić information content (AvgIpc) is 2.77. The van der Waals surface area contributed by atoms with Crippen LogP contribution in [0.5, 0.6) is 0 Å². The van der Waals surface area contributed by atoms with Gasteiger partial charge in [-0.05, 0) is 12.1 Å². The van der Waals surface area contributed by atoms with E-state index in [0.717, 1.165) is 0 Å². The Hall–Kier alpha value is -2.26. The van der Waals surface area contributed by atoms with E-state index < -0.39 is 5.82 Å². The lowest BCUT2D eigenvalue weighted by molar-refractivity contribution is 0.276. The van der Waals surface area contributed by atoms with Crippen molar-refractivity contribution in [1.29, 1.82) is 5.26 Å². The van der Waals surface area contributed by atoms with E-state index in [2.05, 4.69) is 10.3 Å². The predicted molar refractivity (Wildman–Crippen MR) is 52.0 cm³/mol. The lowest BCUT2D eigenvalue weighted by Crippen LogP contribution is -1.99. The van der Waals surface area contributed by atoms with Crippen LogP contribution in [0.25, 0.3) is 5.69 Å². The molecule has 1 aromatic heterocycles. The summed E-state index contributed by atoms with van der Waals surface area (Å²) in [6.07, 6.45) is 1.44. The van der Waals surface area contributed by atoms with Crippen molar-refractivity contribution in [3.8, 4) is 11.8 Å². The molecule has 2 aromatic rings. The molecular weight excluding hydrogens is 211 g/mol. The third-order valence-electron chi connectivity index (χ3n) is 2.03. The van der Waals surface area contributed by atoms with Crippen LogP contribution in [0.1, 0.15) is 11.3 Å². The van der Waals surface area contributed by atoms with Gasteiger partial charge in [0.1, 0.15) is 17.6 Å². The van der Waals surface area contributed by atoms with Crippen LogP contribution in [0.2, 0.25) is 0 Å². The number of hydrogen-bond acceptors (Lipinski definition) is 4. The lowest BCUT2D eigenvalue weighted by Gasteiger charge is -2.02. The Bertz CT molecular complexity index is 558. The molecule has 1 heterocycles. The number of hydrogen-bond donors (Lipinski definition) is 1. The Balaban J connectivity index is 2.54. The number of aliphatic hydroxyl groups excluding tert-OH is 1. The number of halogens is 1. The van der Waals surface area contributed by atoms with E-state index in [1.54, 1.807) is 0 Å². The van der Waals surface area contributed by atoms with Crippen LogP contribution in [0.3, 0.4) is 0 Å². The Kier molecular flexibility index (Phi) is 2.62. The maximum absolute atomic E-state index is 13.0. The van der Waals surface area contributed by atoms with Gasteiger partial charge in [-0.15, -0.1) is 5.10 Å². The molecule has 0 atom stereocenters. The molecule has 0 spiro atoms. The first kappa shape index (κ1) is 10.3. The van der Waals surface area contributed by atoms with Crippen LogP contribution in [0, 0.1) is 17.1 Å². The van der Waals surface area contributed by atoms with Crippen molar-refractivity contribution in [2.45, 2.75) is 6.61 Å². The predicted octanol–water partition coefficient (Wildman–Crippen LogP) is 0.770. The zero-order chi connectivity index (χ0) is 11.5. The van der Waals surface area contributed by atoms with Crippen molar-refractivity contribution >= 4 is 0 Å². The summed E-state index contributed by atoms with van der Waals surface area (Å²) >= 11 is 0. The molecule has 0 fully saturated rings. The molecule has 1 aromatic carbocycles. The number of nitriles is 1. The fraction of sp³-hybridized carbons (Fsp3) is 0.100. The summed E-state index contributed by atoms with van der Waals surface area (Å²) in [6, 6.07) is 5.69. The number of rotatable bonds is 2. The van der Waals surface area contributed by atoms with Gasteiger partial charge in [-0.25, -0.2) is 9.07 Å². The number of nitrogens with zero attached hydrogens (tertiary/aromatic N) is 4. The van der Waals surface area contributed by atoms with E-state index in [1.807, 2.05) is 6.07 Å². The third-order valence-corrected chi connectivity index (χ3v) is 2.03. The number of benzene rings is 1. The highest BCUT2D eigenvalue weighted by Crippen LogP contribution is 2.14. The van der Waals surface area contributed by atoms with E-state index in [0.29, 0.717) is 11.4 Å². The number of aliphatic hydroxyl groups is 1. The van der Waals surface area contributed by atoms with E-state index in [-0.39, 0.29) is 12.2 Å². The van der Waals surface area contributed by atoms with Gasteiger partial charge in [-0.1, -0.05) is 5.21 Å². The van der Waals surface area contributed by atoms with Crippen LogP contribution in [-0.2, 0) is 6.61 Å². The molecule has 6 heteroatoms. The van der Waals surface area contributed by atoms with Crippen molar-refractivity contribution in [1.82, 2.24) is 15.0 Å². The maximum atomic E-state index is 13.0. The van der Waals surface area contributed by atoms with E-state index in [1.165, 1.54) is 29.1 Å².